The molecule has 1 unspecified atom stereocenters. The molecule has 0 aromatic heterocycles. The van der Waals surface area contributed by atoms with Crippen LogP contribution in [-0.2, 0) is 9.53 Å². The first kappa shape index (κ1) is 8.72. The van der Waals surface area contributed by atoms with Gasteiger partial charge in [0, 0.05) is 0 Å². The molecule has 0 aromatic rings. The molecular weight excluding hydrogens is 144 g/mol. The minimum Gasteiger partial charge on any atom is -0.853 e. The third kappa shape index (κ3) is 3.32. The SMILES string of the molecule is CCOC(=O)C(Cl)C[O-]. The number of esters is 1. The summed E-state index contributed by atoms with van der Waals surface area (Å²) in [4.78, 5) is 10.4. The zero-order valence-electron chi connectivity index (χ0n) is 5.09. The lowest BCUT2D eigenvalue weighted by molar-refractivity contribution is -0.365. The Kier molecular flexibility index (Phi) is 4.44. The van der Waals surface area contributed by atoms with Crippen LogP contribution >= 0.6 is 11.6 Å². The molecule has 0 N–H and O–H groups in total. The van der Waals surface area contributed by atoms with E-state index >= 15 is 0 Å². The molecule has 0 radical (unpaired) electrons. The Bertz CT molecular complexity index is 94.2. The molecule has 0 fully saturated rings. The molecule has 9 heavy (non-hydrogen) atoms. The summed E-state index contributed by atoms with van der Waals surface area (Å²) in [6, 6.07) is 0. The fraction of sp³-hybridized carbons (Fsp3) is 0.800. The topological polar surface area (TPSA) is 49.4 Å². The first-order chi connectivity index (χ1) is 4.22. The molecule has 4 heteroatoms. The third-order valence-electron chi connectivity index (χ3n) is 0.689. The summed E-state index contributed by atoms with van der Waals surface area (Å²) in [5.41, 5.74) is 0. The normalized spacial score (nSPS) is 12.8. The van der Waals surface area contributed by atoms with Crippen molar-refractivity contribution in [3.63, 3.8) is 0 Å². The van der Waals surface area contributed by atoms with Crippen LogP contribution in [0.1, 0.15) is 6.92 Å². The summed E-state index contributed by atoms with van der Waals surface area (Å²) in [6.45, 7) is 1.30. The highest BCUT2D eigenvalue weighted by atomic mass is 35.5. The smallest absolute Gasteiger partial charge is 0.322 e. The predicted octanol–water partition coefficient (Wildman–Crippen LogP) is -0.483. The molecule has 54 valence electrons. The Morgan fingerprint density at radius 3 is 2.78 bits per heavy atom. The van der Waals surface area contributed by atoms with Crippen molar-refractivity contribution in [2.24, 2.45) is 0 Å². The fourth-order valence-electron chi connectivity index (χ4n) is 0.301. The Hall–Kier alpha value is -0.280. The zero-order chi connectivity index (χ0) is 7.28. The number of halogens is 1. The zero-order valence-corrected chi connectivity index (χ0v) is 5.85. The number of hydrogen-bond donors (Lipinski definition) is 0. The maximum absolute atomic E-state index is 10.4. The van der Waals surface area contributed by atoms with Gasteiger partial charge in [-0.3, -0.25) is 4.79 Å². The van der Waals surface area contributed by atoms with Crippen molar-refractivity contribution in [2.75, 3.05) is 13.2 Å². The second-order valence-corrected chi connectivity index (χ2v) is 1.91. The second-order valence-electron chi connectivity index (χ2n) is 1.39. The van der Waals surface area contributed by atoms with Crippen LogP contribution in [-0.4, -0.2) is 24.6 Å². The van der Waals surface area contributed by atoms with E-state index in [-0.39, 0.29) is 6.61 Å². The summed E-state index contributed by atoms with van der Waals surface area (Å²) in [5, 5.41) is 8.89. The second kappa shape index (κ2) is 4.58. The van der Waals surface area contributed by atoms with E-state index in [1.165, 1.54) is 0 Å². The van der Waals surface area contributed by atoms with Crippen molar-refractivity contribution in [1.82, 2.24) is 0 Å². The van der Waals surface area contributed by atoms with Crippen LogP contribution in [0.3, 0.4) is 0 Å². The summed E-state index contributed by atoms with van der Waals surface area (Å²) >= 11 is 5.21. The van der Waals surface area contributed by atoms with Gasteiger partial charge in [0.15, 0.2) is 0 Å². The number of ether oxygens (including phenoxy) is 1. The fourth-order valence-corrected chi connectivity index (χ4v) is 0.364. The van der Waals surface area contributed by atoms with E-state index in [1.807, 2.05) is 0 Å². The van der Waals surface area contributed by atoms with Crippen molar-refractivity contribution in [3.8, 4) is 0 Å². The molecule has 0 aliphatic carbocycles. The van der Waals surface area contributed by atoms with E-state index in [4.69, 9.17) is 11.6 Å². The first-order valence-corrected chi connectivity index (χ1v) is 3.04. The molecule has 0 bridgehead atoms. The van der Waals surface area contributed by atoms with Gasteiger partial charge < -0.3 is 9.84 Å². The molecule has 1 atom stereocenters. The van der Waals surface area contributed by atoms with E-state index < -0.39 is 18.0 Å². The average Bonchev–Trinajstić information content (AvgIpc) is 1.87. The Labute approximate surface area is 58.6 Å². The van der Waals surface area contributed by atoms with Gasteiger partial charge in [-0.1, -0.05) is 0 Å². The van der Waals surface area contributed by atoms with E-state index in [0.717, 1.165) is 0 Å². The highest BCUT2D eigenvalue weighted by Crippen LogP contribution is 1.94. The monoisotopic (exact) mass is 151 g/mol. The minimum atomic E-state index is -1.02. The number of carbonyl (C=O) groups is 1. The van der Waals surface area contributed by atoms with E-state index in [0.29, 0.717) is 0 Å². The molecule has 0 saturated heterocycles. The minimum absolute atomic E-state index is 0.266. The average molecular weight is 152 g/mol. The van der Waals surface area contributed by atoms with E-state index in [2.05, 4.69) is 4.74 Å². The lowest BCUT2D eigenvalue weighted by atomic mass is 10.4. The molecule has 0 amide bonds. The molecule has 0 saturated carbocycles. The van der Waals surface area contributed by atoms with Crippen LogP contribution in [0.25, 0.3) is 0 Å². The van der Waals surface area contributed by atoms with Crippen LogP contribution in [0, 0.1) is 0 Å². The van der Waals surface area contributed by atoms with Crippen molar-refractivity contribution in [1.29, 1.82) is 0 Å². The Morgan fingerprint density at radius 2 is 2.44 bits per heavy atom. The van der Waals surface area contributed by atoms with Gasteiger partial charge in [-0.25, -0.2) is 0 Å². The highest BCUT2D eigenvalue weighted by molar-refractivity contribution is 6.29. The highest BCUT2D eigenvalue weighted by Gasteiger charge is 2.09. The number of rotatable bonds is 3. The van der Waals surface area contributed by atoms with E-state index in [9.17, 15) is 9.90 Å². The van der Waals surface area contributed by atoms with Crippen LogP contribution < -0.4 is 5.11 Å². The van der Waals surface area contributed by atoms with Crippen LogP contribution in [0.2, 0.25) is 0 Å². The summed E-state index contributed by atoms with van der Waals surface area (Å²) < 4.78 is 4.42. The molecule has 0 aliphatic rings. The maximum atomic E-state index is 10.4. The van der Waals surface area contributed by atoms with Gasteiger partial charge in [0.25, 0.3) is 0 Å². The maximum Gasteiger partial charge on any atom is 0.322 e. The summed E-state index contributed by atoms with van der Waals surface area (Å²) in [5.74, 6) is -0.630. The summed E-state index contributed by atoms with van der Waals surface area (Å²) in [7, 11) is 0. The third-order valence-corrected chi connectivity index (χ3v) is 0.993. The lowest BCUT2D eigenvalue weighted by Gasteiger charge is -2.09. The quantitative estimate of drug-likeness (QED) is 0.404. The van der Waals surface area contributed by atoms with Crippen molar-refractivity contribution in [2.45, 2.75) is 12.3 Å². The van der Waals surface area contributed by atoms with Gasteiger partial charge in [0.05, 0.1) is 6.61 Å². The Morgan fingerprint density at radius 1 is 1.89 bits per heavy atom. The molecule has 0 heterocycles. The van der Waals surface area contributed by atoms with Gasteiger partial charge in [-0.05, 0) is 6.92 Å². The molecule has 3 nitrogen and oxygen atoms in total. The largest absolute Gasteiger partial charge is 0.853 e. The predicted molar refractivity (Wildman–Crippen MR) is 31.1 cm³/mol. The summed E-state index contributed by atoms with van der Waals surface area (Å²) in [6.07, 6.45) is 0. The van der Waals surface area contributed by atoms with Crippen LogP contribution in [0.5, 0.6) is 0 Å². The van der Waals surface area contributed by atoms with Crippen LogP contribution in [0.4, 0.5) is 0 Å². The molecule has 0 aliphatic heterocycles. The lowest BCUT2D eigenvalue weighted by Crippen LogP contribution is -2.28. The van der Waals surface area contributed by atoms with Crippen LogP contribution in [0.15, 0.2) is 0 Å². The number of carbonyl (C=O) groups excluding carboxylic acids is 1. The first-order valence-electron chi connectivity index (χ1n) is 2.61. The molecule has 0 rings (SSSR count). The van der Waals surface area contributed by atoms with Gasteiger partial charge in [-0.15, -0.1) is 18.2 Å². The Balaban J connectivity index is 3.46. The molecule has 0 spiro atoms. The van der Waals surface area contributed by atoms with Gasteiger partial charge in [0.2, 0.25) is 0 Å². The van der Waals surface area contributed by atoms with E-state index in [1.54, 1.807) is 6.92 Å². The van der Waals surface area contributed by atoms with Crippen molar-refractivity contribution in [3.05, 3.63) is 0 Å². The number of hydrogen-bond acceptors (Lipinski definition) is 3. The van der Waals surface area contributed by atoms with Gasteiger partial charge in [0.1, 0.15) is 5.38 Å². The van der Waals surface area contributed by atoms with Crippen molar-refractivity contribution >= 4 is 17.6 Å². The van der Waals surface area contributed by atoms with Gasteiger partial charge >= 0.3 is 5.97 Å². The molecular formula is C5H8ClO3-. The molecule has 0 aromatic carbocycles. The van der Waals surface area contributed by atoms with Gasteiger partial charge in [-0.2, -0.15) is 0 Å². The van der Waals surface area contributed by atoms with Crippen molar-refractivity contribution < 1.29 is 14.6 Å². The number of alkyl halides is 1. The standard InChI is InChI=1S/C5H8ClO3/c1-2-9-5(8)4(6)3-7/h4H,2-3H2,1H3/q-1.